The molecule has 1 heterocycles. The van der Waals surface area contributed by atoms with E-state index in [1.807, 2.05) is 24.3 Å². The molecule has 0 amide bonds. The zero-order chi connectivity index (χ0) is 10.7. The van der Waals surface area contributed by atoms with E-state index in [0.29, 0.717) is 6.61 Å². The van der Waals surface area contributed by atoms with Crippen LogP contribution < -0.4 is 4.74 Å². The molecule has 0 aliphatic carbocycles. The number of esters is 1. The van der Waals surface area contributed by atoms with Gasteiger partial charge in [-0.15, -0.1) is 0 Å². The molecule has 0 bridgehead atoms. The molecule has 1 atom stereocenters. The van der Waals surface area contributed by atoms with Gasteiger partial charge in [-0.05, 0) is 30.5 Å². The Morgan fingerprint density at radius 2 is 2.40 bits per heavy atom. The third-order valence-electron chi connectivity index (χ3n) is 2.66. The van der Waals surface area contributed by atoms with Gasteiger partial charge < -0.3 is 9.47 Å². The molecule has 0 radical (unpaired) electrons. The maximum absolute atomic E-state index is 11.3. The monoisotopic (exact) mass is 206 g/mol. The van der Waals surface area contributed by atoms with Crippen molar-refractivity contribution in [2.24, 2.45) is 5.92 Å². The fourth-order valence-electron chi connectivity index (χ4n) is 1.81. The smallest absolute Gasteiger partial charge is 0.309 e. The van der Waals surface area contributed by atoms with Crippen LogP contribution in [0.2, 0.25) is 0 Å². The van der Waals surface area contributed by atoms with Gasteiger partial charge in [-0.25, -0.2) is 0 Å². The van der Waals surface area contributed by atoms with Crippen LogP contribution >= 0.6 is 0 Å². The van der Waals surface area contributed by atoms with E-state index in [9.17, 15) is 4.79 Å². The van der Waals surface area contributed by atoms with E-state index >= 15 is 0 Å². The number of carbonyl (C=O) groups excluding carboxylic acids is 1. The van der Waals surface area contributed by atoms with E-state index in [0.717, 1.165) is 24.2 Å². The van der Waals surface area contributed by atoms with E-state index in [4.69, 9.17) is 9.47 Å². The number of benzene rings is 1. The zero-order valence-electron chi connectivity index (χ0n) is 8.73. The number of hydrogen-bond donors (Lipinski definition) is 0. The minimum absolute atomic E-state index is 0.0251. The van der Waals surface area contributed by atoms with Crippen LogP contribution in [0.4, 0.5) is 0 Å². The summed E-state index contributed by atoms with van der Waals surface area (Å²) in [5.74, 6) is 0.786. The summed E-state index contributed by atoms with van der Waals surface area (Å²) in [6, 6.07) is 7.81. The first-order chi connectivity index (χ1) is 7.29. The summed E-state index contributed by atoms with van der Waals surface area (Å²) in [4.78, 5) is 11.3. The summed E-state index contributed by atoms with van der Waals surface area (Å²) in [6.45, 7) is 0.563. The van der Waals surface area contributed by atoms with Crippen LogP contribution in [0.3, 0.4) is 0 Å². The molecular formula is C12H14O3. The maximum atomic E-state index is 11.3. The lowest BCUT2D eigenvalue weighted by Crippen LogP contribution is -2.10. The Hall–Kier alpha value is -1.51. The van der Waals surface area contributed by atoms with Crippen LogP contribution in [0, 0.1) is 5.92 Å². The molecule has 80 valence electrons. The Kier molecular flexibility index (Phi) is 2.90. The molecule has 0 saturated carbocycles. The van der Waals surface area contributed by atoms with Gasteiger partial charge in [-0.1, -0.05) is 12.1 Å². The quantitative estimate of drug-likeness (QED) is 0.707. The topological polar surface area (TPSA) is 35.5 Å². The molecular weight excluding hydrogens is 192 g/mol. The van der Waals surface area contributed by atoms with Crippen molar-refractivity contribution in [3.8, 4) is 5.75 Å². The second-order valence-corrected chi connectivity index (χ2v) is 3.71. The van der Waals surface area contributed by atoms with Gasteiger partial charge in [0, 0.05) is 0 Å². The number of ether oxygens (including phenoxy) is 2. The second kappa shape index (κ2) is 4.34. The maximum Gasteiger partial charge on any atom is 0.309 e. The van der Waals surface area contributed by atoms with Crippen LogP contribution in [0.15, 0.2) is 24.3 Å². The van der Waals surface area contributed by atoms with Gasteiger partial charge in [0.05, 0.1) is 19.6 Å². The number of cyclic esters (lactones) is 1. The minimum atomic E-state index is -0.0715. The van der Waals surface area contributed by atoms with E-state index < -0.39 is 0 Å². The molecule has 3 heteroatoms. The SMILES string of the molecule is COc1cccc(C[C@@H]2CCOC2=O)c1. The number of hydrogen-bond acceptors (Lipinski definition) is 3. The van der Waals surface area contributed by atoms with Crippen molar-refractivity contribution in [2.75, 3.05) is 13.7 Å². The normalized spacial score (nSPS) is 20.1. The molecule has 1 aromatic carbocycles. The molecule has 1 aliphatic rings. The summed E-state index contributed by atoms with van der Waals surface area (Å²) in [5.41, 5.74) is 1.12. The Morgan fingerprint density at radius 3 is 3.07 bits per heavy atom. The van der Waals surface area contributed by atoms with Crippen molar-refractivity contribution < 1.29 is 14.3 Å². The summed E-state index contributed by atoms with van der Waals surface area (Å²) in [5, 5.41) is 0. The lowest BCUT2D eigenvalue weighted by molar-refractivity contribution is -0.141. The van der Waals surface area contributed by atoms with Crippen LogP contribution in [-0.2, 0) is 16.0 Å². The fourth-order valence-corrected chi connectivity index (χ4v) is 1.81. The van der Waals surface area contributed by atoms with Gasteiger partial charge in [0.2, 0.25) is 0 Å². The van der Waals surface area contributed by atoms with Crippen LogP contribution in [-0.4, -0.2) is 19.7 Å². The van der Waals surface area contributed by atoms with Gasteiger partial charge in [0.25, 0.3) is 0 Å². The number of methoxy groups -OCH3 is 1. The van der Waals surface area contributed by atoms with E-state index in [1.54, 1.807) is 7.11 Å². The molecule has 1 fully saturated rings. The summed E-state index contributed by atoms with van der Waals surface area (Å²) in [7, 11) is 1.64. The lowest BCUT2D eigenvalue weighted by Gasteiger charge is -2.07. The standard InChI is InChI=1S/C12H14O3/c1-14-11-4-2-3-9(8-11)7-10-5-6-15-12(10)13/h2-4,8,10H,5-7H2,1H3/t10-/m0/s1. The molecule has 0 N–H and O–H groups in total. The predicted octanol–water partition coefficient (Wildman–Crippen LogP) is 1.80. The Balaban J connectivity index is 2.06. The summed E-state index contributed by atoms with van der Waals surface area (Å²) < 4.78 is 10.1. The average molecular weight is 206 g/mol. The Bertz CT molecular complexity index is 360. The van der Waals surface area contributed by atoms with Crippen molar-refractivity contribution in [1.29, 1.82) is 0 Å². The van der Waals surface area contributed by atoms with Gasteiger partial charge in [-0.3, -0.25) is 4.79 Å². The molecule has 1 saturated heterocycles. The molecule has 0 unspecified atom stereocenters. The van der Waals surface area contributed by atoms with E-state index in [2.05, 4.69) is 0 Å². The van der Waals surface area contributed by atoms with Gasteiger partial charge in [0.15, 0.2) is 0 Å². The van der Waals surface area contributed by atoms with Crippen molar-refractivity contribution in [1.82, 2.24) is 0 Å². The van der Waals surface area contributed by atoms with Crippen molar-refractivity contribution in [2.45, 2.75) is 12.8 Å². The van der Waals surface area contributed by atoms with Crippen LogP contribution in [0.5, 0.6) is 5.75 Å². The Labute approximate surface area is 89.0 Å². The van der Waals surface area contributed by atoms with Crippen LogP contribution in [0.1, 0.15) is 12.0 Å². The Morgan fingerprint density at radius 1 is 1.53 bits per heavy atom. The third-order valence-corrected chi connectivity index (χ3v) is 2.66. The highest BCUT2D eigenvalue weighted by Crippen LogP contribution is 2.21. The lowest BCUT2D eigenvalue weighted by atomic mass is 9.98. The van der Waals surface area contributed by atoms with E-state index in [-0.39, 0.29) is 11.9 Å². The highest BCUT2D eigenvalue weighted by Gasteiger charge is 2.26. The van der Waals surface area contributed by atoms with Gasteiger partial charge in [0.1, 0.15) is 5.75 Å². The molecule has 0 aromatic heterocycles. The third kappa shape index (κ3) is 2.29. The highest BCUT2D eigenvalue weighted by molar-refractivity contribution is 5.74. The molecule has 2 rings (SSSR count). The van der Waals surface area contributed by atoms with Gasteiger partial charge >= 0.3 is 5.97 Å². The minimum Gasteiger partial charge on any atom is -0.497 e. The summed E-state index contributed by atoms with van der Waals surface area (Å²) in [6.07, 6.45) is 1.58. The van der Waals surface area contributed by atoms with Crippen molar-refractivity contribution in [3.63, 3.8) is 0 Å². The molecule has 3 nitrogen and oxygen atoms in total. The molecule has 1 aromatic rings. The predicted molar refractivity (Wildman–Crippen MR) is 55.8 cm³/mol. The first-order valence-electron chi connectivity index (χ1n) is 5.09. The largest absolute Gasteiger partial charge is 0.497 e. The summed E-state index contributed by atoms with van der Waals surface area (Å²) >= 11 is 0. The number of carbonyl (C=O) groups is 1. The molecule has 1 aliphatic heterocycles. The van der Waals surface area contributed by atoms with E-state index in [1.165, 1.54) is 0 Å². The fraction of sp³-hybridized carbons (Fsp3) is 0.417. The van der Waals surface area contributed by atoms with Crippen LogP contribution in [0.25, 0.3) is 0 Å². The highest BCUT2D eigenvalue weighted by atomic mass is 16.5. The van der Waals surface area contributed by atoms with Crippen molar-refractivity contribution >= 4 is 5.97 Å². The number of rotatable bonds is 3. The average Bonchev–Trinajstić information content (AvgIpc) is 2.65. The zero-order valence-corrected chi connectivity index (χ0v) is 8.73. The van der Waals surface area contributed by atoms with Crippen molar-refractivity contribution in [3.05, 3.63) is 29.8 Å². The first kappa shape index (κ1) is 10.0. The first-order valence-corrected chi connectivity index (χ1v) is 5.09. The molecule has 15 heavy (non-hydrogen) atoms. The van der Waals surface area contributed by atoms with Gasteiger partial charge in [-0.2, -0.15) is 0 Å². The second-order valence-electron chi connectivity index (χ2n) is 3.71. The molecule has 0 spiro atoms.